The highest BCUT2D eigenvalue weighted by Gasteiger charge is 2.35. The molecule has 3 nitrogen and oxygen atoms in total. The number of amides is 1. The Labute approximate surface area is 121 Å². The van der Waals surface area contributed by atoms with Gasteiger partial charge in [-0.15, -0.1) is 0 Å². The summed E-state index contributed by atoms with van der Waals surface area (Å²) in [5.74, 6) is 1.04. The standard InChI is InChI=1S/C17H24N2O/c18-15-8-3-5-13(11-15)12-17(20)19-10-4-7-14-6-1-2-9-16(14)19/h3,5,8,11,14,16H,1-2,4,6-7,9-10,12,18H2/t14-,16-/m1/s1. The van der Waals surface area contributed by atoms with Gasteiger partial charge in [-0.3, -0.25) is 4.79 Å². The zero-order valence-corrected chi connectivity index (χ0v) is 12.1. The van der Waals surface area contributed by atoms with Crippen LogP contribution in [0.25, 0.3) is 0 Å². The second-order valence-corrected chi connectivity index (χ2v) is 6.26. The first-order valence-electron chi connectivity index (χ1n) is 7.88. The van der Waals surface area contributed by atoms with Crippen molar-refractivity contribution in [2.45, 2.75) is 51.0 Å². The Morgan fingerprint density at radius 1 is 1.20 bits per heavy atom. The van der Waals surface area contributed by atoms with Crippen LogP contribution < -0.4 is 5.73 Å². The van der Waals surface area contributed by atoms with Crippen molar-refractivity contribution in [3.05, 3.63) is 29.8 Å². The smallest absolute Gasteiger partial charge is 0.227 e. The van der Waals surface area contributed by atoms with Crippen molar-refractivity contribution >= 4 is 11.6 Å². The number of likely N-dealkylation sites (tertiary alicyclic amines) is 1. The molecule has 1 aliphatic carbocycles. The lowest BCUT2D eigenvalue weighted by Crippen LogP contribution is -2.50. The zero-order valence-electron chi connectivity index (χ0n) is 12.1. The van der Waals surface area contributed by atoms with Crippen molar-refractivity contribution < 1.29 is 4.79 Å². The predicted octanol–water partition coefficient (Wildman–Crippen LogP) is 2.99. The minimum Gasteiger partial charge on any atom is -0.399 e. The molecule has 1 aliphatic heterocycles. The van der Waals surface area contributed by atoms with Crippen LogP contribution in [-0.2, 0) is 11.2 Å². The van der Waals surface area contributed by atoms with Gasteiger partial charge < -0.3 is 10.6 Å². The molecular weight excluding hydrogens is 248 g/mol. The summed E-state index contributed by atoms with van der Waals surface area (Å²) >= 11 is 0. The van der Waals surface area contributed by atoms with Crippen LogP contribution >= 0.6 is 0 Å². The molecule has 0 spiro atoms. The second-order valence-electron chi connectivity index (χ2n) is 6.26. The third kappa shape index (κ3) is 2.82. The highest BCUT2D eigenvalue weighted by Crippen LogP contribution is 2.35. The quantitative estimate of drug-likeness (QED) is 0.841. The fourth-order valence-electron chi connectivity index (χ4n) is 3.91. The van der Waals surface area contributed by atoms with Gasteiger partial charge in [-0.1, -0.05) is 25.0 Å². The summed E-state index contributed by atoms with van der Waals surface area (Å²) in [6.07, 6.45) is 8.12. The molecule has 1 aromatic rings. The average molecular weight is 272 g/mol. The molecule has 2 atom stereocenters. The van der Waals surface area contributed by atoms with E-state index in [1.54, 1.807) is 0 Å². The molecule has 0 unspecified atom stereocenters. The van der Waals surface area contributed by atoms with Crippen molar-refractivity contribution in [1.82, 2.24) is 4.90 Å². The van der Waals surface area contributed by atoms with E-state index in [9.17, 15) is 4.79 Å². The molecule has 3 rings (SSSR count). The fourth-order valence-corrected chi connectivity index (χ4v) is 3.91. The number of rotatable bonds is 2. The number of fused-ring (bicyclic) bond motifs is 1. The number of nitrogen functional groups attached to an aromatic ring is 1. The summed E-state index contributed by atoms with van der Waals surface area (Å²) in [5, 5.41) is 0. The van der Waals surface area contributed by atoms with Crippen molar-refractivity contribution in [2.75, 3.05) is 12.3 Å². The Hall–Kier alpha value is -1.51. The molecule has 2 N–H and O–H groups in total. The normalized spacial score (nSPS) is 26.1. The summed E-state index contributed by atoms with van der Waals surface area (Å²) in [4.78, 5) is 14.8. The third-order valence-electron chi connectivity index (χ3n) is 4.87. The number of hydrogen-bond donors (Lipinski definition) is 1. The van der Waals surface area contributed by atoms with E-state index in [4.69, 9.17) is 5.73 Å². The molecule has 0 bridgehead atoms. The van der Waals surface area contributed by atoms with E-state index in [1.807, 2.05) is 24.3 Å². The average Bonchev–Trinajstić information content (AvgIpc) is 2.46. The maximum absolute atomic E-state index is 12.6. The summed E-state index contributed by atoms with van der Waals surface area (Å²) in [6, 6.07) is 8.21. The summed E-state index contributed by atoms with van der Waals surface area (Å²) in [6.45, 7) is 0.947. The number of carbonyl (C=O) groups excluding carboxylic acids is 1. The lowest BCUT2D eigenvalue weighted by atomic mass is 9.78. The molecule has 1 saturated carbocycles. The Bertz CT molecular complexity index is 484. The van der Waals surface area contributed by atoms with Gasteiger partial charge in [-0.25, -0.2) is 0 Å². The van der Waals surface area contributed by atoms with Gasteiger partial charge in [0.15, 0.2) is 0 Å². The highest BCUT2D eigenvalue weighted by molar-refractivity contribution is 5.79. The fraction of sp³-hybridized carbons (Fsp3) is 0.588. The Balaban J connectivity index is 1.69. The van der Waals surface area contributed by atoms with Crippen LogP contribution in [0.15, 0.2) is 24.3 Å². The SMILES string of the molecule is Nc1cccc(CC(=O)N2CCC[C@H]3CCCC[C@H]32)c1. The molecule has 2 aliphatic rings. The second kappa shape index (κ2) is 5.86. The Morgan fingerprint density at radius 2 is 2.00 bits per heavy atom. The van der Waals surface area contributed by atoms with Crippen LogP contribution in [0.5, 0.6) is 0 Å². The number of benzene rings is 1. The molecule has 1 saturated heterocycles. The van der Waals surface area contributed by atoms with Crippen LogP contribution in [0.1, 0.15) is 44.1 Å². The number of piperidine rings is 1. The molecule has 1 amide bonds. The Morgan fingerprint density at radius 3 is 2.85 bits per heavy atom. The van der Waals surface area contributed by atoms with Crippen LogP contribution in [0.3, 0.4) is 0 Å². The van der Waals surface area contributed by atoms with E-state index in [1.165, 1.54) is 38.5 Å². The molecule has 20 heavy (non-hydrogen) atoms. The number of hydrogen-bond acceptors (Lipinski definition) is 2. The van der Waals surface area contributed by atoms with E-state index in [-0.39, 0.29) is 5.91 Å². The van der Waals surface area contributed by atoms with E-state index in [0.717, 1.165) is 23.7 Å². The molecule has 108 valence electrons. The maximum Gasteiger partial charge on any atom is 0.227 e. The van der Waals surface area contributed by atoms with Crippen LogP contribution in [0.2, 0.25) is 0 Å². The van der Waals surface area contributed by atoms with Crippen LogP contribution in [0, 0.1) is 5.92 Å². The first-order chi connectivity index (χ1) is 9.74. The number of nitrogens with zero attached hydrogens (tertiary/aromatic N) is 1. The third-order valence-corrected chi connectivity index (χ3v) is 4.87. The topological polar surface area (TPSA) is 46.3 Å². The van der Waals surface area contributed by atoms with E-state index >= 15 is 0 Å². The highest BCUT2D eigenvalue weighted by atomic mass is 16.2. The summed E-state index contributed by atoms with van der Waals surface area (Å²) < 4.78 is 0. The number of nitrogens with two attached hydrogens (primary N) is 1. The first-order valence-corrected chi connectivity index (χ1v) is 7.88. The Kier molecular flexibility index (Phi) is 3.95. The van der Waals surface area contributed by atoms with E-state index < -0.39 is 0 Å². The van der Waals surface area contributed by atoms with Crippen molar-refractivity contribution in [2.24, 2.45) is 5.92 Å². The van der Waals surface area contributed by atoms with Gasteiger partial charge in [0.2, 0.25) is 5.91 Å². The van der Waals surface area contributed by atoms with Crippen molar-refractivity contribution in [3.8, 4) is 0 Å². The minimum absolute atomic E-state index is 0.284. The van der Waals surface area contributed by atoms with Crippen molar-refractivity contribution in [3.63, 3.8) is 0 Å². The van der Waals surface area contributed by atoms with Gasteiger partial charge in [-0.2, -0.15) is 0 Å². The maximum atomic E-state index is 12.6. The van der Waals surface area contributed by atoms with Gasteiger partial charge in [0, 0.05) is 18.3 Å². The lowest BCUT2D eigenvalue weighted by molar-refractivity contribution is -0.136. The molecule has 2 fully saturated rings. The van der Waals surface area contributed by atoms with Gasteiger partial charge in [-0.05, 0) is 49.3 Å². The summed E-state index contributed by atoms with van der Waals surface area (Å²) in [5.41, 5.74) is 7.57. The van der Waals surface area contributed by atoms with E-state index in [0.29, 0.717) is 12.5 Å². The van der Waals surface area contributed by atoms with Gasteiger partial charge in [0.1, 0.15) is 0 Å². The number of carbonyl (C=O) groups is 1. The number of anilines is 1. The van der Waals surface area contributed by atoms with Gasteiger partial charge >= 0.3 is 0 Å². The minimum atomic E-state index is 0.284. The van der Waals surface area contributed by atoms with Crippen LogP contribution in [-0.4, -0.2) is 23.4 Å². The molecule has 0 radical (unpaired) electrons. The zero-order chi connectivity index (χ0) is 13.9. The molecule has 1 heterocycles. The molecular formula is C17H24N2O. The monoisotopic (exact) mass is 272 g/mol. The molecule has 0 aromatic heterocycles. The molecule has 1 aromatic carbocycles. The predicted molar refractivity (Wildman–Crippen MR) is 81.3 cm³/mol. The van der Waals surface area contributed by atoms with Gasteiger partial charge in [0.05, 0.1) is 6.42 Å². The van der Waals surface area contributed by atoms with Gasteiger partial charge in [0.25, 0.3) is 0 Å². The molecule has 3 heteroatoms. The largest absolute Gasteiger partial charge is 0.399 e. The lowest BCUT2D eigenvalue weighted by Gasteiger charge is -2.44. The van der Waals surface area contributed by atoms with Crippen molar-refractivity contribution in [1.29, 1.82) is 0 Å². The van der Waals surface area contributed by atoms with E-state index in [2.05, 4.69) is 4.90 Å². The van der Waals surface area contributed by atoms with Crippen LogP contribution in [0.4, 0.5) is 5.69 Å². The summed E-state index contributed by atoms with van der Waals surface area (Å²) in [7, 11) is 0. The first kappa shape index (κ1) is 13.5.